The molecule has 168 valence electrons. The zero-order valence-corrected chi connectivity index (χ0v) is 18.8. The molecule has 0 spiro atoms. The standard InChI is InChI=1S/C24H28N4O3S/c25-24(29)26-22-17-6-1-2-9-20(17)32-21(22)10-3-4-11-27-12-14-28(15-13-27)18-7-5-8-19-23(18)31-16-30-19/h1-2,5-9H,3-4,10-16H2,(H3,25,26,29). The van der Waals surface area contributed by atoms with E-state index in [1.54, 1.807) is 11.3 Å². The molecule has 2 aromatic carbocycles. The molecule has 2 aliphatic heterocycles. The summed E-state index contributed by atoms with van der Waals surface area (Å²) in [6.45, 7) is 5.46. The third-order valence-electron chi connectivity index (χ3n) is 6.13. The van der Waals surface area contributed by atoms with Crippen molar-refractivity contribution < 1.29 is 14.3 Å². The number of hydrogen-bond acceptors (Lipinski definition) is 6. The van der Waals surface area contributed by atoms with Crippen LogP contribution in [0.4, 0.5) is 16.2 Å². The largest absolute Gasteiger partial charge is 0.454 e. The number of urea groups is 1. The first kappa shape index (κ1) is 20.9. The lowest BCUT2D eigenvalue weighted by Gasteiger charge is -2.36. The highest BCUT2D eigenvalue weighted by Crippen LogP contribution is 2.41. The molecule has 0 unspecified atom stereocenters. The summed E-state index contributed by atoms with van der Waals surface area (Å²) < 4.78 is 12.4. The summed E-state index contributed by atoms with van der Waals surface area (Å²) in [5, 5.41) is 3.91. The van der Waals surface area contributed by atoms with E-state index in [0.29, 0.717) is 6.79 Å². The summed E-state index contributed by atoms with van der Waals surface area (Å²) in [5.74, 6) is 1.72. The fourth-order valence-electron chi connectivity index (χ4n) is 4.53. The van der Waals surface area contributed by atoms with Crippen LogP contribution in [0, 0.1) is 0 Å². The minimum atomic E-state index is -0.506. The number of nitrogens with zero attached hydrogens (tertiary/aromatic N) is 2. The van der Waals surface area contributed by atoms with E-state index in [-0.39, 0.29) is 0 Å². The van der Waals surface area contributed by atoms with Gasteiger partial charge in [0, 0.05) is 41.1 Å². The molecular formula is C24H28N4O3S. The molecule has 32 heavy (non-hydrogen) atoms. The molecule has 0 bridgehead atoms. The second-order valence-corrected chi connectivity index (χ2v) is 9.32. The van der Waals surface area contributed by atoms with Gasteiger partial charge in [0.15, 0.2) is 11.5 Å². The van der Waals surface area contributed by atoms with Gasteiger partial charge in [0.1, 0.15) is 0 Å². The van der Waals surface area contributed by atoms with Crippen molar-refractivity contribution in [3.05, 3.63) is 47.3 Å². The van der Waals surface area contributed by atoms with Crippen LogP contribution >= 0.6 is 11.3 Å². The van der Waals surface area contributed by atoms with E-state index in [9.17, 15) is 4.79 Å². The van der Waals surface area contributed by atoms with Gasteiger partial charge in [-0.25, -0.2) is 4.79 Å². The number of thiophene rings is 1. The van der Waals surface area contributed by atoms with E-state index in [1.807, 2.05) is 30.3 Å². The molecule has 7 nitrogen and oxygen atoms in total. The number of rotatable bonds is 7. The molecule has 3 heterocycles. The number of carbonyl (C=O) groups excluding carboxylic acids is 1. The van der Waals surface area contributed by atoms with Crippen LogP contribution in [-0.4, -0.2) is 50.4 Å². The van der Waals surface area contributed by atoms with Gasteiger partial charge in [0.2, 0.25) is 6.79 Å². The van der Waals surface area contributed by atoms with E-state index >= 15 is 0 Å². The number of piperazine rings is 1. The van der Waals surface area contributed by atoms with Gasteiger partial charge in [-0.15, -0.1) is 11.3 Å². The molecule has 1 aromatic heterocycles. The summed E-state index contributed by atoms with van der Waals surface area (Å²) in [5.41, 5.74) is 7.43. The number of amides is 2. The van der Waals surface area contributed by atoms with Crippen molar-refractivity contribution in [3.8, 4) is 11.5 Å². The Morgan fingerprint density at radius 1 is 1.03 bits per heavy atom. The molecular weight excluding hydrogens is 424 g/mol. The maximum atomic E-state index is 11.5. The van der Waals surface area contributed by atoms with Crippen LogP contribution < -0.4 is 25.4 Å². The van der Waals surface area contributed by atoms with Gasteiger partial charge in [0.25, 0.3) is 0 Å². The summed E-state index contributed by atoms with van der Waals surface area (Å²) in [6.07, 6.45) is 3.15. The number of ether oxygens (including phenoxy) is 2. The number of hydrogen-bond donors (Lipinski definition) is 2. The molecule has 0 aliphatic carbocycles. The zero-order chi connectivity index (χ0) is 21.9. The second-order valence-electron chi connectivity index (χ2n) is 8.18. The Balaban J connectivity index is 1.12. The Labute approximate surface area is 191 Å². The molecule has 1 fully saturated rings. The van der Waals surface area contributed by atoms with E-state index in [0.717, 1.165) is 80.2 Å². The first-order chi connectivity index (χ1) is 15.7. The van der Waals surface area contributed by atoms with Crippen LogP contribution in [0.3, 0.4) is 0 Å². The summed E-state index contributed by atoms with van der Waals surface area (Å²) in [6, 6.07) is 13.8. The maximum Gasteiger partial charge on any atom is 0.316 e. The van der Waals surface area contributed by atoms with Gasteiger partial charge in [-0.05, 0) is 44.0 Å². The predicted molar refractivity (Wildman–Crippen MR) is 129 cm³/mol. The van der Waals surface area contributed by atoms with Crippen LogP contribution in [0.25, 0.3) is 10.1 Å². The fraction of sp³-hybridized carbons (Fsp3) is 0.375. The van der Waals surface area contributed by atoms with Gasteiger partial charge in [0.05, 0.1) is 11.4 Å². The molecule has 0 saturated carbocycles. The third kappa shape index (κ3) is 4.33. The minimum absolute atomic E-state index is 0.308. The first-order valence-electron chi connectivity index (χ1n) is 11.1. The topological polar surface area (TPSA) is 80.1 Å². The summed E-state index contributed by atoms with van der Waals surface area (Å²) >= 11 is 1.75. The van der Waals surface area contributed by atoms with Gasteiger partial charge in [-0.1, -0.05) is 24.3 Å². The smallest absolute Gasteiger partial charge is 0.316 e. The minimum Gasteiger partial charge on any atom is -0.454 e. The van der Waals surface area contributed by atoms with Crippen molar-refractivity contribution in [2.75, 3.05) is 49.7 Å². The predicted octanol–water partition coefficient (Wildman–Crippen LogP) is 4.27. The zero-order valence-electron chi connectivity index (χ0n) is 18.0. The number of anilines is 2. The number of carbonyl (C=O) groups is 1. The SMILES string of the molecule is NC(=O)Nc1c(CCCCN2CCN(c3cccc4c3OCO4)CC2)sc2ccccc12. The van der Waals surface area contributed by atoms with Crippen molar-refractivity contribution in [3.63, 3.8) is 0 Å². The van der Waals surface area contributed by atoms with Crippen molar-refractivity contribution >= 4 is 38.8 Å². The second kappa shape index (κ2) is 9.26. The number of nitrogens with one attached hydrogen (secondary N) is 1. The number of fused-ring (bicyclic) bond motifs is 2. The number of unbranched alkanes of at least 4 members (excludes halogenated alkanes) is 1. The Morgan fingerprint density at radius 3 is 2.72 bits per heavy atom. The number of benzene rings is 2. The lowest BCUT2D eigenvalue weighted by molar-refractivity contribution is 0.174. The fourth-order valence-corrected chi connectivity index (χ4v) is 5.73. The molecule has 3 aromatic rings. The molecule has 0 atom stereocenters. The lowest BCUT2D eigenvalue weighted by Crippen LogP contribution is -2.46. The molecule has 1 saturated heterocycles. The van der Waals surface area contributed by atoms with Crippen molar-refractivity contribution in [2.45, 2.75) is 19.3 Å². The molecule has 0 radical (unpaired) electrons. The molecule has 3 N–H and O–H groups in total. The van der Waals surface area contributed by atoms with Gasteiger partial charge in [-0.3, -0.25) is 4.90 Å². The summed E-state index contributed by atoms with van der Waals surface area (Å²) in [4.78, 5) is 17.6. The Morgan fingerprint density at radius 2 is 1.88 bits per heavy atom. The van der Waals surface area contributed by atoms with Crippen LogP contribution in [-0.2, 0) is 6.42 Å². The molecule has 5 rings (SSSR count). The van der Waals surface area contributed by atoms with Gasteiger partial charge >= 0.3 is 6.03 Å². The van der Waals surface area contributed by atoms with Crippen molar-refractivity contribution in [1.82, 2.24) is 4.90 Å². The lowest BCUT2D eigenvalue weighted by atomic mass is 10.1. The van der Waals surface area contributed by atoms with E-state index in [4.69, 9.17) is 15.2 Å². The average Bonchev–Trinajstić information content (AvgIpc) is 3.42. The monoisotopic (exact) mass is 452 g/mol. The average molecular weight is 453 g/mol. The Bertz CT molecular complexity index is 1110. The Hall–Kier alpha value is -2.97. The molecule has 2 amide bonds. The van der Waals surface area contributed by atoms with E-state index < -0.39 is 6.03 Å². The van der Waals surface area contributed by atoms with Crippen LogP contribution in [0.5, 0.6) is 11.5 Å². The quantitative estimate of drug-likeness (QED) is 0.524. The number of aryl methyl sites for hydroxylation is 1. The highest BCUT2D eigenvalue weighted by atomic mass is 32.1. The van der Waals surface area contributed by atoms with Gasteiger partial charge < -0.3 is 25.4 Å². The third-order valence-corrected chi connectivity index (χ3v) is 7.36. The van der Waals surface area contributed by atoms with Gasteiger partial charge in [-0.2, -0.15) is 0 Å². The highest BCUT2D eigenvalue weighted by molar-refractivity contribution is 7.19. The molecule has 8 heteroatoms. The Kier molecular flexibility index (Phi) is 6.05. The summed E-state index contributed by atoms with van der Waals surface area (Å²) in [7, 11) is 0. The van der Waals surface area contributed by atoms with Crippen LogP contribution in [0.15, 0.2) is 42.5 Å². The van der Waals surface area contributed by atoms with E-state index in [1.165, 1.54) is 9.58 Å². The van der Waals surface area contributed by atoms with E-state index in [2.05, 4.69) is 27.2 Å². The highest BCUT2D eigenvalue weighted by Gasteiger charge is 2.24. The van der Waals surface area contributed by atoms with Crippen molar-refractivity contribution in [1.29, 1.82) is 0 Å². The first-order valence-corrected chi connectivity index (χ1v) is 11.9. The normalized spacial score (nSPS) is 15.9. The number of nitrogens with two attached hydrogens (primary N) is 1. The van der Waals surface area contributed by atoms with Crippen molar-refractivity contribution in [2.24, 2.45) is 5.73 Å². The molecule has 2 aliphatic rings. The van der Waals surface area contributed by atoms with Crippen LogP contribution in [0.1, 0.15) is 17.7 Å². The number of para-hydroxylation sites is 1. The van der Waals surface area contributed by atoms with Crippen LogP contribution in [0.2, 0.25) is 0 Å². The number of primary amides is 1. The maximum absolute atomic E-state index is 11.5.